The number of amides is 2. The maximum atomic E-state index is 13.9. The molecule has 0 aliphatic carbocycles. The smallest absolute Gasteiger partial charge is 0.264 e. The molecule has 3 aromatic rings. The molecular formula is C28H33N3O6S. The number of sulfonamides is 1. The normalized spacial score (nSPS) is 11.8. The molecular weight excluding hydrogens is 506 g/mol. The van der Waals surface area contributed by atoms with Crippen molar-refractivity contribution in [2.24, 2.45) is 0 Å². The van der Waals surface area contributed by atoms with E-state index in [1.165, 1.54) is 38.3 Å². The molecule has 0 spiro atoms. The third kappa shape index (κ3) is 6.44. The van der Waals surface area contributed by atoms with E-state index in [4.69, 9.17) is 9.47 Å². The molecule has 0 aliphatic rings. The quantitative estimate of drug-likeness (QED) is 0.401. The Labute approximate surface area is 224 Å². The summed E-state index contributed by atoms with van der Waals surface area (Å²) >= 11 is 0. The molecule has 0 fully saturated rings. The minimum absolute atomic E-state index is 0.0232. The van der Waals surface area contributed by atoms with Crippen LogP contribution in [0, 0.1) is 6.92 Å². The molecule has 0 saturated heterocycles. The summed E-state index contributed by atoms with van der Waals surface area (Å²) in [7, 11) is 0.276. The molecule has 3 rings (SSSR count). The SMILES string of the molecule is CNC(=O)[C@@H](C)N(Cc1cccc(OC)c1)C(=O)CN(c1cc(C)ccc1OC)S(=O)(=O)c1ccccc1. The standard InChI is InChI=1S/C28H33N3O6S/c1-20-14-15-26(37-5)25(16-20)31(38(34,35)24-12-7-6-8-13-24)19-27(32)30(21(2)28(33)29-3)18-22-10-9-11-23(17-22)36-4/h6-17,21H,18-19H2,1-5H3,(H,29,33)/t21-/m1/s1. The van der Waals surface area contributed by atoms with E-state index in [9.17, 15) is 18.0 Å². The summed E-state index contributed by atoms with van der Waals surface area (Å²) < 4.78 is 39.5. The number of aryl methyl sites for hydroxylation is 1. The van der Waals surface area contributed by atoms with Crippen molar-refractivity contribution in [3.05, 3.63) is 83.9 Å². The molecule has 0 heterocycles. The molecule has 0 saturated carbocycles. The number of carbonyl (C=O) groups excluding carboxylic acids is 2. The lowest BCUT2D eigenvalue weighted by Gasteiger charge is -2.32. The minimum Gasteiger partial charge on any atom is -0.497 e. The first kappa shape index (κ1) is 28.5. The summed E-state index contributed by atoms with van der Waals surface area (Å²) in [6.45, 7) is 2.93. The molecule has 1 atom stereocenters. The van der Waals surface area contributed by atoms with E-state index in [0.717, 1.165) is 15.4 Å². The van der Waals surface area contributed by atoms with Gasteiger partial charge in [-0.05, 0) is 61.4 Å². The fourth-order valence-corrected chi connectivity index (χ4v) is 5.42. The molecule has 2 amide bonds. The zero-order valence-electron chi connectivity index (χ0n) is 22.2. The van der Waals surface area contributed by atoms with Crippen LogP contribution in [0.4, 0.5) is 5.69 Å². The van der Waals surface area contributed by atoms with Crippen LogP contribution in [-0.4, -0.2) is 59.0 Å². The Morgan fingerprint density at radius 2 is 1.66 bits per heavy atom. The van der Waals surface area contributed by atoms with Gasteiger partial charge in [0.25, 0.3) is 10.0 Å². The Hall–Kier alpha value is -4.05. The third-order valence-electron chi connectivity index (χ3n) is 6.11. The summed E-state index contributed by atoms with van der Waals surface area (Å²) in [6.07, 6.45) is 0. The van der Waals surface area contributed by atoms with E-state index in [-0.39, 0.29) is 23.0 Å². The third-order valence-corrected chi connectivity index (χ3v) is 7.89. The number of likely N-dealkylation sites (N-methyl/N-ethyl adjacent to an activating group) is 1. The highest BCUT2D eigenvalue weighted by molar-refractivity contribution is 7.92. The van der Waals surface area contributed by atoms with Crippen molar-refractivity contribution < 1.29 is 27.5 Å². The second kappa shape index (κ2) is 12.5. The van der Waals surface area contributed by atoms with Gasteiger partial charge in [-0.1, -0.05) is 36.4 Å². The van der Waals surface area contributed by atoms with Gasteiger partial charge >= 0.3 is 0 Å². The number of ether oxygens (including phenoxy) is 2. The Balaban J connectivity index is 2.09. The molecule has 9 nitrogen and oxygen atoms in total. The highest BCUT2D eigenvalue weighted by Crippen LogP contribution is 2.33. The fraction of sp³-hybridized carbons (Fsp3) is 0.286. The lowest BCUT2D eigenvalue weighted by atomic mass is 10.1. The highest BCUT2D eigenvalue weighted by atomic mass is 32.2. The second-order valence-electron chi connectivity index (χ2n) is 8.66. The van der Waals surface area contributed by atoms with Gasteiger partial charge in [0.1, 0.15) is 24.1 Å². The number of nitrogens with zero attached hydrogens (tertiary/aromatic N) is 2. The number of benzene rings is 3. The molecule has 0 aliphatic heterocycles. The van der Waals surface area contributed by atoms with Crippen molar-refractivity contribution in [2.45, 2.75) is 31.3 Å². The molecule has 0 bridgehead atoms. The maximum Gasteiger partial charge on any atom is 0.264 e. The molecule has 202 valence electrons. The summed E-state index contributed by atoms with van der Waals surface area (Å²) in [5.41, 5.74) is 1.73. The maximum absolute atomic E-state index is 13.9. The van der Waals surface area contributed by atoms with Crippen LogP contribution in [-0.2, 0) is 26.2 Å². The number of hydrogen-bond acceptors (Lipinski definition) is 6. The van der Waals surface area contributed by atoms with Crippen molar-refractivity contribution in [3.8, 4) is 11.5 Å². The van der Waals surface area contributed by atoms with E-state index in [0.29, 0.717) is 11.5 Å². The first-order valence-corrected chi connectivity index (χ1v) is 13.4. The lowest BCUT2D eigenvalue weighted by molar-refractivity contribution is -0.139. The lowest BCUT2D eigenvalue weighted by Crippen LogP contribution is -2.50. The molecule has 0 radical (unpaired) electrons. The van der Waals surface area contributed by atoms with Gasteiger partial charge in [0.05, 0.1) is 24.8 Å². The topological polar surface area (TPSA) is 105 Å². The van der Waals surface area contributed by atoms with Gasteiger partial charge in [-0.15, -0.1) is 0 Å². The zero-order chi connectivity index (χ0) is 27.9. The zero-order valence-corrected chi connectivity index (χ0v) is 23.0. The number of carbonyl (C=O) groups is 2. The van der Waals surface area contributed by atoms with Gasteiger partial charge in [0.2, 0.25) is 11.8 Å². The van der Waals surface area contributed by atoms with Crippen molar-refractivity contribution in [3.63, 3.8) is 0 Å². The van der Waals surface area contributed by atoms with Crippen molar-refractivity contribution >= 4 is 27.5 Å². The van der Waals surface area contributed by atoms with E-state index in [2.05, 4.69) is 5.32 Å². The molecule has 1 N–H and O–H groups in total. The Morgan fingerprint density at radius 1 is 0.947 bits per heavy atom. The van der Waals surface area contributed by atoms with Gasteiger partial charge < -0.3 is 19.7 Å². The average molecular weight is 540 g/mol. The van der Waals surface area contributed by atoms with E-state index < -0.39 is 28.5 Å². The van der Waals surface area contributed by atoms with E-state index >= 15 is 0 Å². The van der Waals surface area contributed by atoms with Gasteiger partial charge in [-0.25, -0.2) is 8.42 Å². The van der Waals surface area contributed by atoms with Gasteiger partial charge in [-0.3, -0.25) is 13.9 Å². The van der Waals surface area contributed by atoms with Crippen LogP contribution in [0.3, 0.4) is 0 Å². The number of anilines is 1. The number of methoxy groups -OCH3 is 2. The van der Waals surface area contributed by atoms with Crippen LogP contribution in [0.15, 0.2) is 77.7 Å². The van der Waals surface area contributed by atoms with E-state index in [1.54, 1.807) is 67.6 Å². The number of rotatable bonds is 11. The van der Waals surface area contributed by atoms with Gasteiger partial charge in [-0.2, -0.15) is 0 Å². The predicted molar refractivity (Wildman–Crippen MR) is 146 cm³/mol. The van der Waals surface area contributed by atoms with Crippen LogP contribution >= 0.6 is 0 Å². The molecule has 0 unspecified atom stereocenters. The molecule has 10 heteroatoms. The Bertz CT molecular complexity index is 1380. The fourth-order valence-electron chi connectivity index (χ4n) is 3.99. The molecule has 38 heavy (non-hydrogen) atoms. The molecule has 3 aromatic carbocycles. The van der Waals surface area contributed by atoms with Crippen molar-refractivity contribution in [1.82, 2.24) is 10.2 Å². The largest absolute Gasteiger partial charge is 0.497 e. The van der Waals surface area contributed by atoms with Gasteiger partial charge in [0.15, 0.2) is 0 Å². The summed E-state index contributed by atoms with van der Waals surface area (Å²) in [4.78, 5) is 27.9. The van der Waals surface area contributed by atoms with Crippen LogP contribution in [0.1, 0.15) is 18.1 Å². The minimum atomic E-state index is -4.18. The van der Waals surface area contributed by atoms with Crippen LogP contribution < -0.4 is 19.1 Å². The molecule has 0 aromatic heterocycles. The Kier molecular flexibility index (Phi) is 9.35. The van der Waals surface area contributed by atoms with Gasteiger partial charge in [0, 0.05) is 13.6 Å². The van der Waals surface area contributed by atoms with Crippen LogP contribution in [0.2, 0.25) is 0 Å². The van der Waals surface area contributed by atoms with Crippen molar-refractivity contribution in [2.75, 3.05) is 32.1 Å². The Morgan fingerprint density at radius 3 is 2.29 bits per heavy atom. The summed E-state index contributed by atoms with van der Waals surface area (Å²) in [5, 5.41) is 2.57. The average Bonchev–Trinajstić information content (AvgIpc) is 2.94. The van der Waals surface area contributed by atoms with E-state index in [1.807, 2.05) is 6.92 Å². The highest BCUT2D eigenvalue weighted by Gasteiger charge is 2.33. The van der Waals surface area contributed by atoms with Crippen molar-refractivity contribution in [1.29, 1.82) is 0 Å². The monoisotopic (exact) mass is 539 g/mol. The van der Waals surface area contributed by atoms with Crippen LogP contribution in [0.25, 0.3) is 0 Å². The summed E-state index contributed by atoms with van der Waals surface area (Å²) in [5.74, 6) is -0.0549. The van der Waals surface area contributed by atoms with Crippen LogP contribution in [0.5, 0.6) is 11.5 Å². The summed E-state index contributed by atoms with van der Waals surface area (Å²) in [6, 6.07) is 19.2. The number of nitrogens with one attached hydrogen (secondary N) is 1. The second-order valence-corrected chi connectivity index (χ2v) is 10.5. The first-order chi connectivity index (χ1) is 18.1. The number of hydrogen-bond donors (Lipinski definition) is 1. The first-order valence-electron chi connectivity index (χ1n) is 12.0. The predicted octanol–water partition coefficient (Wildman–Crippen LogP) is 3.37.